The molecule has 3 rings (SSSR count). The molecule has 1 atom stereocenters. The number of hydrogen-bond donors (Lipinski definition) is 5. The molecule has 7 N–H and O–H groups in total. The van der Waals surface area contributed by atoms with Gasteiger partial charge in [-0.15, -0.1) is 0 Å². The number of nitrogens with one attached hydrogen (secondary N) is 2. The second-order valence-electron chi connectivity index (χ2n) is 7.46. The van der Waals surface area contributed by atoms with Gasteiger partial charge in [0.25, 0.3) is 11.5 Å². The van der Waals surface area contributed by atoms with E-state index in [1.54, 1.807) is 42.6 Å². The Balaban J connectivity index is 1.62. The molecule has 35 heavy (non-hydrogen) atoms. The van der Waals surface area contributed by atoms with Crippen molar-refractivity contribution in [3.63, 3.8) is 0 Å². The number of hydrogen-bond acceptors (Lipinski definition) is 6. The summed E-state index contributed by atoms with van der Waals surface area (Å²) in [5.41, 5.74) is 12.0. The Hall–Kier alpha value is -4.87. The van der Waals surface area contributed by atoms with E-state index in [1.807, 2.05) is 6.07 Å². The Morgan fingerprint density at radius 1 is 1.06 bits per heavy atom. The van der Waals surface area contributed by atoms with Gasteiger partial charge in [-0.05, 0) is 23.3 Å². The van der Waals surface area contributed by atoms with Gasteiger partial charge in [0.15, 0.2) is 5.96 Å². The number of carboxylic acid groups (broad SMARTS) is 1. The number of nitrogens with two attached hydrogens (primary N) is 2. The van der Waals surface area contributed by atoms with Crippen molar-refractivity contribution in [2.45, 2.75) is 19.2 Å². The predicted octanol–water partition coefficient (Wildman–Crippen LogP) is 0.182. The van der Waals surface area contributed by atoms with E-state index in [4.69, 9.17) is 16.2 Å². The first-order valence-corrected chi connectivity index (χ1v) is 10.4. The maximum Gasteiger partial charge on any atom is 0.408 e. The van der Waals surface area contributed by atoms with Crippen LogP contribution >= 0.6 is 0 Å². The van der Waals surface area contributed by atoms with Crippen LogP contribution in [0.25, 0.3) is 5.52 Å². The van der Waals surface area contributed by atoms with E-state index in [2.05, 4.69) is 15.6 Å². The summed E-state index contributed by atoms with van der Waals surface area (Å²) in [6.45, 7) is -0.282. The summed E-state index contributed by atoms with van der Waals surface area (Å²) < 4.78 is 6.34. The Bertz CT molecular complexity index is 1320. The number of pyridine rings is 2. The molecular formula is C23H24N6O6. The number of carboxylic acids is 1. The number of nitrogens with zero attached hydrogens (tertiary/aromatic N) is 2. The highest BCUT2D eigenvalue weighted by Crippen LogP contribution is 2.08. The number of guanidine groups is 1. The topological polar surface area (TPSA) is 191 Å². The largest absolute Gasteiger partial charge is 0.480 e. The molecule has 0 saturated carbocycles. The fourth-order valence-corrected chi connectivity index (χ4v) is 3.08. The average Bonchev–Trinajstić information content (AvgIpc) is 2.84. The van der Waals surface area contributed by atoms with Crippen LogP contribution in [0.15, 0.2) is 70.6 Å². The SMILES string of the molecule is NC(N)=NCc1ccc2cc(C(=O)NCC(NC(=O)OCc3ccccc3)C(=O)O)cc(=O)n2c1. The number of aromatic nitrogens is 1. The molecule has 0 fully saturated rings. The highest BCUT2D eigenvalue weighted by atomic mass is 16.5. The molecule has 12 nitrogen and oxygen atoms in total. The molecule has 3 aromatic rings. The van der Waals surface area contributed by atoms with E-state index in [0.29, 0.717) is 11.1 Å². The third kappa shape index (κ3) is 7.05. The van der Waals surface area contributed by atoms with Crippen LogP contribution in [0.2, 0.25) is 0 Å². The number of rotatable bonds is 9. The van der Waals surface area contributed by atoms with Gasteiger partial charge in [-0.3, -0.25) is 14.0 Å². The van der Waals surface area contributed by atoms with Gasteiger partial charge in [0.05, 0.1) is 6.54 Å². The van der Waals surface area contributed by atoms with Gasteiger partial charge < -0.3 is 31.9 Å². The second kappa shape index (κ2) is 11.3. The molecule has 1 unspecified atom stereocenters. The van der Waals surface area contributed by atoms with E-state index >= 15 is 0 Å². The first-order chi connectivity index (χ1) is 16.7. The van der Waals surface area contributed by atoms with Gasteiger partial charge in [0, 0.05) is 29.9 Å². The fourth-order valence-electron chi connectivity index (χ4n) is 3.08. The van der Waals surface area contributed by atoms with Crippen LogP contribution in [-0.4, -0.2) is 46.0 Å². The van der Waals surface area contributed by atoms with Gasteiger partial charge in [-0.25, -0.2) is 14.6 Å². The van der Waals surface area contributed by atoms with Crippen LogP contribution in [0, 0.1) is 0 Å². The number of alkyl carbamates (subject to hydrolysis) is 1. The third-order valence-electron chi connectivity index (χ3n) is 4.84. The van der Waals surface area contributed by atoms with Gasteiger partial charge in [0.2, 0.25) is 0 Å². The van der Waals surface area contributed by atoms with E-state index < -0.39 is 36.1 Å². The summed E-state index contributed by atoms with van der Waals surface area (Å²) in [4.78, 5) is 52.4. The minimum Gasteiger partial charge on any atom is -0.480 e. The fraction of sp³-hybridized carbons (Fsp3) is 0.174. The Morgan fingerprint density at radius 3 is 2.49 bits per heavy atom. The standard InChI is InChI=1S/C23H24N6O6/c24-22(25)27-10-15-6-7-17-8-16(9-19(30)29(17)12-15)20(31)26-11-18(21(32)33)28-23(34)35-13-14-4-2-1-3-5-14/h1-9,12,18H,10-11,13H2,(H,26,31)(H,28,34)(H,32,33)(H4,24,25,27). The third-order valence-corrected chi connectivity index (χ3v) is 4.84. The van der Waals surface area contributed by atoms with E-state index in [1.165, 1.54) is 10.5 Å². The lowest BCUT2D eigenvalue weighted by molar-refractivity contribution is -0.139. The number of fused-ring (bicyclic) bond motifs is 1. The maximum atomic E-state index is 12.6. The van der Waals surface area contributed by atoms with Crippen LogP contribution in [-0.2, 0) is 22.7 Å². The normalized spacial score (nSPS) is 11.3. The molecule has 0 aliphatic carbocycles. The van der Waals surface area contributed by atoms with E-state index in [-0.39, 0.29) is 24.7 Å². The highest BCUT2D eigenvalue weighted by molar-refractivity contribution is 5.95. The molecule has 0 saturated heterocycles. The predicted molar refractivity (Wildman–Crippen MR) is 127 cm³/mol. The molecule has 0 bridgehead atoms. The van der Waals surface area contributed by atoms with Crippen LogP contribution in [0.1, 0.15) is 21.5 Å². The van der Waals surface area contributed by atoms with Crippen molar-refractivity contribution in [2.75, 3.05) is 6.54 Å². The first-order valence-electron chi connectivity index (χ1n) is 10.4. The van der Waals surface area contributed by atoms with Crippen molar-refractivity contribution in [3.05, 3.63) is 87.8 Å². The van der Waals surface area contributed by atoms with Crippen molar-refractivity contribution in [1.29, 1.82) is 0 Å². The smallest absolute Gasteiger partial charge is 0.408 e. The summed E-state index contributed by atoms with van der Waals surface area (Å²) in [6.07, 6.45) is 0.605. The molecule has 0 aliphatic rings. The summed E-state index contributed by atoms with van der Waals surface area (Å²) in [5, 5.41) is 14.0. The van der Waals surface area contributed by atoms with Crippen molar-refractivity contribution in [1.82, 2.24) is 15.0 Å². The van der Waals surface area contributed by atoms with Crippen LogP contribution in [0.3, 0.4) is 0 Å². The van der Waals surface area contributed by atoms with Crippen LogP contribution in [0.5, 0.6) is 0 Å². The molecule has 0 aliphatic heterocycles. The molecule has 2 aromatic heterocycles. The monoisotopic (exact) mass is 480 g/mol. The lowest BCUT2D eigenvalue weighted by atomic mass is 10.2. The molecule has 0 radical (unpaired) electrons. The van der Waals surface area contributed by atoms with Gasteiger partial charge in [-0.2, -0.15) is 0 Å². The quantitative estimate of drug-likeness (QED) is 0.212. The second-order valence-corrected chi connectivity index (χ2v) is 7.46. The number of benzene rings is 1. The van der Waals surface area contributed by atoms with Gasteiger partial charge in [-0.1, -0.05) is 36.4 Å². The van der Waals surface area contributed by atoms with E-state index in [9.17, 15) is 24.3 Å². The number of carbonyl (C=O) groups excluding carboxylic acids is 2. The molecule has 2 amide bonds. The molecule has 12 heteroatoms. The maximum absolute atomic E-state index is 12.6. The lowest BCUT2D eigenvalue weighted by Crippen LogP contribution is -2.48. The molecule has 182 valence electrons. The van der Waals surface area contributed by atoms with Crippen molar-refractivity contribution >= 4 is 29.4 Å². The molecule has 0 spiro atoms. The number of carbonyl (C=O) groups is 3. The summed E-state index contributed by atoms with van der Waals surface area (Å²) in [6, 6.07) is 13.3. The number of amides is 2. The minimum absolute atomic E-state index is 0.0303. The first kappa shape index (κ1) is 24.8. The Kier molecular flexibility index (Phi) is 8.01. The Morgan fingerprint density at radius 2 is 1.80 bits per heavy atom. The number of ether oxygens (including phenoxy) is 1. The van der Waals surface area contributed by atoms with Crippen LogP contribution < -0.4 is 27.7 Å². The van der Waals surface area contributed by atoms with Gasteiger partial charge >= 0.3 is 12.1 Å². The van der Waals surface area contributed by atoms with E-state index in [0.717, 1.165) is 11.6 Å². The zero-order chi connectivity index (χ0) is 25.4. The van der Waals surface area contributed by atoms with Crippen LogP contribution in [0.4, 0.5) is 4.79 Å². The number of aliphatic carboxylic acids is 1. The zero-order valence-electron chi connectivity index (χ0n) is 18.5. The Labute approximate surface area is 199 Å². The van der Waals surface area contributed by atoms with Crippen molar-refractivity contribution in [3.8, 4) is 0 Å². The zero-order valence-corrected chi connectivity index (χ0v) is 18.5. The van der Waals surface area contributed by atoms with Crippen molar-refractivity contribution in [2.24, 2.45) is 16.5 Å². The molecule has 2 heterocycles. The lowest BCUT2D eigenvalue weighted by Gasteiger charge is -2.15. The molecular weight excluding hydrogens is 456 g/mol. The highest BCUT2D eigenvalue weighted by Gasteiger charge is 2.22. The summed E-state index contributed by atoms with van der Waals surface area (Å²) >= 11 is 0. The average molecular weight is 480 g/mol. The molecule has 1 aromatic carbocycles. The number of aliphatic imine (C=N–C) groups is 1. The summed E-state index contributed by atoms with van der Waals surface area (Å²) in [7, 11) is 0. The minimum atomic E-state index is -1.44. The van der Waals surface area contributed by atoms with Crippen molar-refractivity contribution < 1.29 is 24.2 Å². The van der Waals surface area contributed by atoms with Gasteiger partial charge in [0.1, 0.15) is 12.6 Å². The summed E-state index contributed by atoms with van der Waals surface area (Å²) in [5.74, 6) is -2.13.